The van der Waals surface area contributed by atoms with Crippen molar-refractivity contribution in [2.45, 2.75) is 6.54 Å². The maximum atomic E-state index is 13.5. The number of carbonyl (C=O) groups is 1. The minimum absolute atomic E-state index is 0.0196. The second-order valence-electron chi connectivity index (χ2n) is 3.73. The number of aromatic nitrogens is 2. The summed E-state index contributed by atoms with van der Waals surface area (Å²) < 4.78 is 26.8. The van der Waals surface area contributed by atoms with Gasteiger partial charge < -0.3 is 11.1 Å². The fourth-order valence-corrected chi connectivity index (χ4v) is 1.48. The Labute approximate surface area is 107 Å². The number of nitrogens with zero attached hydrogens (tertiary/aromatic N) is 2. The Kier molecular flexibility index (Phi) is 3.65. The Balaban J connectivity index is 2.21. The number of rotatable bonds is 4. The Morgan fingerprint density at radius 2 is 2.11 bits per heavy atom. The fraction of sp³-hybridized carbons (Fsp3) is 0.0833. The van der Waals surface area contributed by atoms with Gasteiger partial charge in [0, 0.05) is 12.3 Å². The van der Waals surface area contributed by atoms with Gasteiger partial charge in [0.05, 0.1) is 23.5 Å². The van der Waals surface area contributed by atoms with E-state index in [1.54, 1.807) is 12.3 Å². The molecule has 0 spiro atoms. The molecule has 0 fully saturated rings. The highest BCUT2D eigenvalue weighted by Gasteiger charge is 2.13. The molecule has 1 aromatic heterocycles. The lowest BCUT2D eigenvalue weighted by Gasteiger charge is -2.09. The SMILES string of the molecule is NC(=O)c1cc(NCc2ccncn2)c(F)cc1F. The molecule has 0 aliphatic heterocycles. The van der Waals surface area contributed by atoms with Crippen molar-refractivity contribution in [3.05, 3.63) is 53.6 Å². The molecule has 2 rings (SSSR count). The Hall–Kier alpha value is -2.57. The molecule has 98 valence electrons. The molecule has 0 aliphatic carbocycles. The van der Waals surface area contributed by atoms with Crippen LogP contribution >= 0.6 is 0 Å². The standard InChI is InChI=1S/C12H10F2N4O/c13-9-4-10(14)11(3-8(9)12(15)19)17-5-7-1-2-16-6-18-7/h1-4,6,17H,5H2,(H2,15,19). The topological polar surface area (TPSA) is 80.9 Å². The maximum Gasteiger partial charge on any atom is 0.251 e. The van der Waals surface area contributed by atoms with E-state index < -0.39 is 17.5 Å². The molecule has 0 unspecified atom stereocenters. The Morgan fingerprint density at radius 3 is 2.74 bits per heavy atom. The summed E-state index contributed by atoms with van der Waals surface area (Å²) in [5, 5.41) is 2.71. The molecule has 0 radical (unpaired) electrons. The molecule has 1 aromatic carbocycles. The number of hydrogen-bond acceptors (Lipinski definition) is 4. The predicted octanol–water partition coefficient (Wildman–Crippen LogP) is 1.47. The second kappa shape index (κ2) is 5.38. The molecule has 0 atom stereocenters. The summed E-state index contributed by atoms with van der Waals surface area (Å²) in [6, 6.07) is 3.29. The minimum Gasteiger partial charge on any atom is -0.377 e. The molecule has 0 saturated heterocycles. The normalized spacial score (nSPS) is 10.2. The smallest absolute Gasteiger partial charge is 0.251 e. The largest absolute Gasteiger partial charge is 0.377 e. The quantitative estimate of drug-likeness (QED) is 0.876. The number of nitrogens with two attached hydrogens (primary N) is 1. The predicted molar refractivity (Wildman–Crippen MR) is 64.2 cm³/mol. The molecule has 1 heterocycles. The third kappa shape index (κ3) is 3.01. The summed E-state index contributed by atoms with van der Waals surface area (Å²) in [6.45, 7) is 0.212. The van der Waals surface area contributed by atoms with Crippen molar-refractivity contribution in [3.63, 3.8) is 0 Å². The van der Waals surface area contributed by atoms with Crippen molar-refractivity contribution in [2.75, 3.05) is 5.32 Å². The highest BCUT2D eigenvalue weighted by Crippen LogP contribution is 2.19. The average molecular weight is 264 g/mol. The monoisotopic (exact) mass is 264 g/mol. The van der Waals surface area contributed by atoms with Gasteiger partial charge in [-0.1, -0.05) is 0 Å². The summed E-state index contributed by atoms with van der Waals surface area (Å²) >= 11 is 0. The summed E-state index contributed by atoms with van der Waals surface area (Å²) in [4.78, 5) is 18.7. The highest BCUT2D eigenvalue weighted by molar-refractivity contribution is 5.94. The van der Waals surface area contributed by atoms with Crippen molar-refractivity contribution < 1.29 is 13.6 Å². The molecule has 7 heteroatoms. The van der Waals surface area contributed by atoms with Gasteiger partial charge in [-0.2, -0.15) is 0 Å². The zero-order chi connectivity index (χ0) is 13.8. The van der Waals surface area contributed by atoms with Gasteiger partial charge in [-0.05, 0) is 12.1 Å². The van der Waals surface area contributed by atoms with Gasteiger partial charge in [-0.25, -0.2) is 18.7 Å². The van der Waals surface area contributed by atoms with E-state index in [9.17, 15) is 13.6 Å². The van der Waals surface area contributed by atoms with Crippen LogP contribution in [-0.2, 0) is 6.54 Å². The first-order valence-electron chi connectivity index (χ1n) is 5.35. The molecular formula is C12H10F2N4O. The number of benzene rings is 1. The van der Waals surface area contributed by atoms with Crippen LogP contribution in [0.25, 0.3) is 0 Å². The summed E-state index contributed by atoms with van der Waals surface area (Å²) in [5.41, 5.74) is 5.23. The zero-order valence-corrected chi connectivity index (χ0v) is 9.73. The highest BCUT2D eigenvalue weighted by atomic mass is 19.1. The lowest BCUT2D eigenvalue weighted by Crippen LogP contribution is -2.14. The Bertz CT molecular complexity index is 604. The molecule has 5 nitrogen and oxygen atoms in total. The van der Waals surface area contributed by atoms with Crippen LogP contribution in [0.5, 0.6) is 0 Å². The van der Waals surface area contributed by atoms with Crippen LogP contribution < -0.4 is 11.1 Å². The number of carbonyl (C=O) groups excluding carboxylic acids is 1. The van der Waals surface area contributed by atoms with Crippen LogP contribution in [0.4, 0.5) is 14.5 Å². The van der Waals surface area contributed by atoms with Crippen LogP contribution in [-0.4, -0.2) is 15.9 Å². The van der Waals surface area contributed by atoms with E-state index in [2.05, 4.69) is 15.3 Å². The lowest BCUT2D eigenvalue weighted by atomic mass is 10.1. The van der Waals surface area contributed by atoms with Gasteiger partial charge in [0.25, 0.3) is 5.91 Å². The van der Waals surface area contributed by atoms with Crippen molar-refractivity contribution >= 4 is 11.6 Å². The molecule has 0 bridgehead atoms. The molecule has 0 aliphatic rings. The third-order valence-electron chi connectivity index (χ3n) is 2.43. The second-order valence-corrected chi connectivity index (χ2v) is 3.73. The number of amides is 1. The first-order chi connectivity index (χ1) is 9.08. The van der Waals surface area contributed by atoms with Crippen molar-refractivity contribution in [2.24, 2.45) is 5.73 Å². The number of nitrogens with one attached hydrogen (secondary N) is 1. The third-order valence-corrected chi connectivity index (χ3v) is 2.43. The molecule has 19 heavy (non-hydrogen) atoms. The average Bonchev–Trinajstić information content (AvgIpc) is 2.38. The van der Waals surface area contributed by atoms with Gasteiger partial charge in [-0.3, -0.25) is 4.79 Å². The molecule has 0 saturated carbocycles. The number of anilines is 1. The molecular weight excluding hydrogens is 254 g/mol. The maximum absolute atomic E-state index is 13.5. The molecule has 2 aromatic rings. The van der Waals surface area contributed by atoms with Crippen LogP contribution in [0.3, 0.4) is 0 Å². The molecule has 3 N–H and O–H groups in total. The minimum atomic E-state index is -0.988. The van der Waals surface area contributed by atoms with E-state index in [1.165, 1.54) is 6.33 Å². The summed E-state index contributed by atoms with van der Waals surface area (Å²) in [5.74, 6) is -2.75. The van der Waals surface area contributed by atoms with Gasteiger partial charge in [0.1, 0.15) is 18.0 Å². The first kappa shape index (κ1) is 12.9. The van der Waals surface area contributed by atoms with Gasteiger partial charge in [0.15, 0.2) is 0 Å². The van der Waals surface area contributed by atoms with Crippen LogP contribution in [0.15, 0.2) is 30.7 Å². The van der Waals surface area contributed by atoms with E-state index in [4.69, 9.17) is 5.73 Å². The van der Waals surface area contributed by atoms with E-state index in [0.717, 1.165) is 6.07 Å². The van der Waals surface area contributed by atoms with Crippen molar-refractivity contribution in [1.82, 2.24) is 9.97 Å². The van der Waals surface area contributed by atoms with Crippen LogP contribution in [0.1, 0.15) is 16.1 Å². The van der Waals surface area contributed by atoms with E-state index in [1.807, 2.05) is 0 Å². The first-order valence-corrected chi connectivity index (χ1v) is 5.35. The number of primary amides is 1. The number of hydrogen-bond donors (Lipinski definition) is 2. The summed E-state index contributed by atoms with van der Waals surface area (Å²) in [7, 11) is 0. The van der Waals surface area contributed by atoms with Gasteiger partial charge in [-0.15, -0.1) is 0 Å². The van der Waals surface area contributed by atoms with Crippen molar-refractivity contribution in [1.29, 1.82) is 0 Å². The summed E-state index contributed by atoms with van der Waals surface area (Å²) in [6.07, 6.45) is 2.90. The van der Waals surface area contributed by atoms with E-state index in [0.29, 0.717) is 11.8 Å². The van der Waals surface area contributed by atoms with E-state index >= 15 is 0 Å². The van der Waals surface area contributed by atoms with Gasteiger partial charge in [0.2, 0.25) is 0 Å². The zero-order valence-electron chi connectivity index (χ0n) is 9.73. The van der Waals surface area contributed by atoms with Crippen LogP contribution in [0, 0.1) is 11.6 Å². The van der Waals surface area contributed by atoms with Crippen LogP contribution in [0.2, 0.25) is 0 Å². The lowest BCUT2D eigenvalue weighted by molar-refractivity contribution is 0.0996. The van der Waals surface area contributed by atoms with Crippen molar-refractivity contribution in [3.8, 4) is 0 Å². The molecule has 1 amide bonds. The Morgan fingerprint density at radius 1 is 1.32 bits per heavy atom. The van der Waals surface area contributed by atoms with Gasteiger partial charge >= 0.3 is 0 Å². The fourth-order valence-electron chi connectivity index (χ4n) is 1.48. The number of halogens is 2. The van der Waals surface area contributed by atoms with E-state index in [-0.39, 0.29) is 17.8 Å².